The molecule has 0 amide bonds. The Bertz CT molecular complexity index is 1110. The molecule has 2 atom stereocenters. The van der Waals surface area contributed by atoms with Crippen molar-refractivity contribution >= 4 is 11.8 Å². The highest BCUT2D eigenvalue weighted by molar-refractivity contribution is 5.42. The molecule has 0 aliphatic heterocycles. The SMILES string of the molecule is Cc1cnc(N[C@H]2CC[C@H](Nc3ccc(-n4cccc(OC(C)(F)F)c4=O)cn3)C2)nn1. The molecular formula is C21H23F2N7O2. The molecule has 0 spiro atoms. The Hall–Kier alpha value is -3.63. The van der Waals surface area contributed by atoms with E-state index in [1.807, 2.05) is 6.92 Å². The van der Waals surface area contributed by atoms with Crippen LogP contribution >= 0.6 is 0 Å². The van der Waals surface area contributed by atoms with Gasteiger partial charge in [-0.05, 0) is 50.5 Å². The second-order valence-corrected chi connectivity index (χ2v) is 7.78. The molecule has 0 radical (unpaired) electrons. The summed E-state index contributed by atoms with van der Waals surface area (Å²) in [7, 11) is 0. The molecule has 0 bridgehead atoms. The predicted octanol–water partition coefficient (Wildman–Crippen LogP) is 3.16. The van der Waals surface area contributed by atoms with Gasteiger partial charge in [-0.25, -0.2) is 9.97 Å². The Balaban J connectivity index is 1.38. The van der Waals surface area contributed by atoms with Gasteiger partial charge in [-0.3, -0.25) is 9.36 Å². The van der Waals surface area contributed by atoms with Crippen molar-refractivity contribution in [3.05, 3.63) is 58.9 Å². The van der Waals surface area contributed by atoms with Crippen LogP contribution in [0.4, 0.5) is 20.5 Å². The standard InChI is InChI=1S/C21H23F2N7O2/c1-13-11-25-20(29-28-13)27-15-6-5-14(10-15)26-18-8-7-16(12-24-18)30-9-3-4-17(19(30)31)32-21(2,22)23/h3-4,7-9,11-12,14-15H,5-6,10H2,1-2H3,(H,24,26)(H,25,27,29)/t14-,15-/m0/s1. The van der Waals surface area contributed by atoms with Gasteiger partial charge in [0.2, 0.25) is 5.95 Å². The number of nitrogens with one attached hydrogen (secondary N) is 2. The van der Waals surface area contributed by atoms with Gasteiger partial charge in [-0.1, -0.05) is 0 Å². The van der Waals surface area contributed by atoms with Gasteiger partial charge < -0.3 is 15.4 Å². The normalized spacial score (nSPS) is 18.4. The Morgan fingerprint density at radius 3 is 2.53 bits per heavy atom. The summed E-state index contributed by atoms with van der Waals surface area (Å²) in [6.45, 7) is 2.42. The van der Waals surface area contributed by atoms with Crippen molar-refractivity contribution in [2.75, 3.05) is 10.6 Å². The zero-order valence-electron chi connectivity index (χ0n) is 17.6. The topological polar surface area (TPSA) is 107 Å². The van der Waals surface area contributed by atoms with Gasteiger partial charge in [0.15, 0.2) is 5.75 Å². The van der Waals surface area contributed by atoms with Crippen LogP contribution in [0.2, 0.25) is 0 Å². The van der Waals surface area contributed by atoms with Gasteiger partial charge in [0.25, 0.3) is 5.56 Å². The molecule has 3 aromatic heterocycles. The van der Waals surface area contributed by atoms with E-state index in [0.717, 1.165) is 25.0 Å². The van der Waals surface area contributed by atoms with Gasteiger partial charge in [-0.15, -0.1) is 5.10 Å². The Kier molecular flexibility index (Phi) is 5.97. The van der Waals surface area contributed by atoms with Crippen LogP contribution in [-0.2, 0) is 0 Å². The number of aryl methyl sites for hydroxylation is 1. The number of alkyl halides is 2. The maximum Gasteiger partial charge on any atom is 0.395 e. The number of anilines is 2. The molecule has 0 saturated heterocycles. The summed E-state index contributed by atoms with van der Waals surface area (Å²) in [6, 6.07) is 6.57. The number of ether oxygens (including phenoxy) is 1. The minimum Gasteiger partial charge on any atom is -0.427 e. The van der Waals surface area contributed by atoms with Crippen molar-refractivity contribution in [3.8, 4) is 11.4 Å². The molecule has 9 nitrogen and oxygen atoms in total. The van der Waals surface area contributed by atoms with Crippen molar-refractivity contribution in [2.24, 2.45) is 0 Å². The fourth-order valence-corrected chi connectivity index (χ4v) is 3.60. The summed E-state index contributed by atoms with van der Waals surface area (Å²) in [6.07, 6.45) is 3.98. The number of rotatable bonds is 7. The first-order valence-corrected chi connectivity index (χ1v) is 10.2. The Labute approximate surface area is 182 Å². The number of hydrogen-bond donors (Lipinski definition) is 2. The minimum absolute atomic E-state index is 0.218. The highest BCUT2D eigenvalue weighted by Gasteiger charge is 2.26. The molecule has 0 unspecified atom stereocenters. The predicted molar refractivity (Wildman–Crippen MR) is 114 cm³/mol. The van der Waals surface area contributed by atoms with Crippen molar-refractivity contribution < 1.29 is 13.5 Å². The Morgan fingerprint density at radius 1 is 1.09 bits per heavy atom. The second kappa shape index (κ2) is 8.85. The van der Waals surface area contributed by atoms with Crippen molar-refractivity contribution in [2.45, 2.75) is 51.3 Å². The van der Waals surface area contributed by atoms with E-state index in [4.69, 9.17) is 0 Å². The summed E-state index contributed by atoms with van der Waals surface area (Å²) in [5.41, 5.74) is 0.523. The molecule has 2 N–H and O–H groups in total. The maximum absolute atomic E-state index is 13.1. The smallest absolute Gasteiger partial charge is 0.395 e. The zero-order chi connectivity index (χ0) is 22.7. The van der Waals surface area contributed by atoms with Gasteiger partial charge in [0.1, 0.15) is 5.82 Å². The molecule has 1 saturated carbocycles. The molecule has 3 aromatic rings. The monoisotopic (exact) mass is 443 g/mol. The zero-order valence-corrected chi connectivity index (χ0v) is 17.6. The third kappa shape index (κ3) is 5.34. The molecule has 1 fully saturated rings. The van der Waals surface area contributed by atoms with Crippen LogP contribution in [0.1, 0.15) is 31.9 Å². The molecule has 4 rings (SSSR count). The fraction of sp³-hybridized carbons (Fsp3) is 0.381. The molecule has 1 aliphatic rings. The van der Waals surface area contributed by atoms with Crippen LogP contribution in [-0.4, -0.2) is 42.9 Å². The first kappa shape index (κ1) is 21.6. The average Bonchev–Trinajstić information content (AvgIpc) is 3.18. The lowest BCUT2D eigenvalue weighted by atomic mass is 10.2. The van der Waals surface area contributed by atoms with Crippen molar-refractivity contribution in [1.82, 2.24) is 24.7 Å². The molecule has 0 aromatic carbocycles. The largest absolute Gasteiger partial charge is 0.427 e. The minimum atomic E-state index is -3.44. The van der Waals surface area contributed by atoms with E-state index >= 15 is 0 Å². The third-order valence-electron chi connectivity index (χ3n) is 5.02. The molecule has 3 heterocycles. The molecule has 1 aliphatic carbocycles. The number of pyridine rings is 2. The van der Waals surface area contributed by atoms with E-state index in [1.54, 1.807) is 18.3 Å². The Morgan fingerprint density at radius 2 is 1.88 bits per heavy atom. The summed E-state index contributed by atoms with van der Waals surface area (Å²) in [5, 5.41) is 14.7. The van der Waals surface area contributed by atoms with Gasteiger partial charge in [0, 0.05) is 25.2 Å². The van der Waals surface area contributed by atoms with Crippen LogP contribution in [0.15, 0.2) is 47.7 Å². The van der Waals surface area contributed by atoms with Gasteiger partial charge in [-0.2, -0.15) is 13.9 Å². The van der Waals surface area contributed by atoms with Crippen LogP contribution in [0.3, 0.4) is 0 Å². The summed E-state index contributed by atoms with van der Waals surface area (Å²) < 4.78 is 31.9. The highest BCUT2D eigenvalue weighted by Crippen LogP contribution is 2.25. The molecular weight excluding hydrogens is 420 g/mol. The van der Waals surface area contributed by atoms with Gasteiger partial charge >= 0.3 is 6.11 Å². The number of nitrogens with zero attached hydrogens (tertiary/aromatic N) is 5. The number of halogens is 2. The first-order chi connectivity index (χ1) is 15.3. The van der Waals surface area contributed by atoms with Gasteiger partial charge in [0.05, 0.1) is 23.8 Å². The summed E-state index contributed by atoms with van der Waals surface area (Å²) >= 11 is 0. The quantitative estimate of drug-likeness (QED) is 0.574. The average molecular weight is 443 g/mol. The summed E-state index contributed by atoms with van der Waals surface area (Å²) in [5.74, 6) is 0.744. The van der Waals surface area contributed by atoms with Crippen molar-refractivity contribution in [1.29, 1.82) is 0 Å². The summed E-state index contributed by atoms with van der Waals surface area (Å²) in [4.78, 5) is 21.0. The number of aromatic nitrogens is 5. The maximum atomic E-state index is 13.1. The third-order valence-corrected chi connectivity index (χ3v) is 5.02. The number of hydrogen-bond acceptors (Lipinski definition) is 8. The lowest BCUT2D eigenvalue weighted by Crippen LogP contribution is -2.27. The van der Waals surface area contributed by atoms with E-state index in [2.05, 4.69) is 35.5 Å². The van der Waals surface area contributed by atoms with Crippen LogP contribution < -0.4 is 20.9 Å². The van der Waals surface area contributed by atoms with Crippen LogP contribution in [0.5, 0.6) is 5.75 Å². The van der Waals surface area contributed by atoms with E-state index in [9.17, 15) is 13.6 Å². The second-order valence-electron chi connectivity index (χ2n) is 7.78. The molecule has 32 heavy (non-hydrogen) atoms. The van der Waals surface area contributed by atoms with E-state index < -0.39 is 17.4 Å². The first-order valence-electron chi connectivity index (χ1n) is 10.2. The highest BCUT2D eigenvalue weighted by atomic mass is 19.3. The van der Waals surface area contributed by atoms with E-state index in [1.165, 1.54) is 29.1 Å². The van der Waals surface area contributed by atoms with E-state index in [-0.39, 0.29) is 12.1 Å². The fourth-order valence-electron chi connectivity index (χ4n) is 3.60. The lowest BCUT2D eigenvalue weighted by Gasteiger charge is -2.16. The van der Waals surface area contributed by atoms with Crippen LogP contribution in [0.25, 0.3) is 5.69 Å². The van der Waals surface area contributed by atoms with E-state index in [0.29, 0.717) is 24.4 Å². The van der Waals surface area contributed by atoms with Crippen molar-refractivity contribution in [3.63, 3.8) is 0 Å². The molecule has 11 heteroatoms. The van der Waals surface area contributed by atoms with Crippen LogP contribution in [0, 0.1) is 6.92 Å². The molecule has 168 valence electrons. The lowest BCUT2D eigenvalue weighted by molar-refractivity contribution is -0.159.